The van der Waals surface area contributed by atoms with Crippen LogP contribution in [0.15, 0.2) is 5.16 Å². The van der Waals surface area contributed by atoms with Gasteiger partial charge in [0.1, 0.15) is 5.84 Å². The van der Waals surface area contributed by atoms with Crippen molar-refractivity contribution in [2.75, 3.05) is 13.2 Å². The molecule has 0 aromatic carbocycles. The summed E-state index contributed by atoms with van der Waals surface area (Å²) < 4.78 is 5.37. The van der Waals surface area contributed by atoms with Crippen molar-refractivity contribution in [2.24, 2.45) is 22.7 Å². The van der Waals surface area contributed by atoms with Crippen LogP contribution in [0.2, 0.25) is 0 Å². The molecule has 12 heavy (non-hydrogen) atoms. The minimum absolute atomic E-state index is 0.00810. The van der Waals surface area contributed by atoms with Gasteiger partial charge in [-0.05, 0) is 18.8 Å². The Kier molecular flexibility index (Phi) is 3.34. The number of nitrogens with two attached hydrogens (primary N) is 1. The van der Waals surface area contributed by atoms with Crippen LogP contribution in [-0.2, 0) is 4.74 Å². The van der Waals surface area contributed by atoms with Crippen LogP contribution in [0.1, 0.15) is 19.8 Å². The fourth-order valence-corrected chi connectivity index (χ4v) is 0.880. The Balaban J connectivity index is 2.04. The van der Waals surface area contributed by atoms with Crippen molar-refractivity contribution in [1.82, 2.24) is 0 Å². The zero-order chi connectivity index (χ0) is 8.97. The Morgan fingerprint density at radius 3 is 2.92 bits per heavy atom. The molecule has 1 saturated carbocycles. The second-order valence-electron chi connectivity index (χ2n) is 3.41. The SMILES string of the molecule is CC(COCC1CC1)/C(N)=N/O. The van der Waals surface area contributed by atoms with Crippen LogP contribution in [0.25, 0.3) is 0 Å². The van der Waals surface area contributed by atoms with Gasteiger partial charge in [0.15, 0.2) is 0 Å². The largest absolute Gasteiger partial charge is 0.409 e. The fourth-order valence-electron chi connectivity index (χ4n) is 0.880. The summed E-state index contributed by atoms with van der Waals surface area (Å²) in [6, 6.07) is 0. The lowest BCUT2D eigenvalue weighted by molar-refractivity contribution is 0.111. The number of hydrogen-bond acceptors (Lipinski definition) is 3. The standard InChI is InChI=1S/C8H16N2O2/c1-6(8(9)10-11)4-12-5-7-2-3-7/h6-7,11H,2-5H2,1H3,(H2,9,10). The number of amidine groups is 1. The van der Waals surface area contributed by atoms with Crippen molar-refractivity contribution in [3.63, 3.8) is 0 Å². The summed E-state index contributed by atoms with van der Waals surface area (Å²) in [5, 5.41) is 11.2. The van der Waals surface area contributed by atoms with Gasteiger partial charge in [0.2, 0.25) is 0 Å². The summed E-state index contributed by atoms with van der Waals surface area (Å²) in [7, 11) is 0. The van der Waals surface area contributed by atoms with Gasteiger partial charge in [-0.3, -0.25) is 0 Å². The van der Waals surface area contributed by atoms with Gasteiger partial charge in [-0.25, -0.2) is 0 Å². The van der Waals surface area contributed by atoms with E-state index in [0.29, 0.717) is 6.61 Å². The predicted octanol–water partition coefficient (Wildman–Crippen LogP) is 0.796. The van der Waals surface area contributed by atoms with Crippen LogP contribution in [0, 0.1) is 11.8 Å². The highest BCUT2D eigenvalue weighted by Gasteiger charge is 2.21. The molecule has 0 bridgehead atoms. The molecule has 3 N–H and O–H groups in total. The van der Waals surface area contributed by atoms with Crippen LogP contribution in [-0.4, -0.2) is 24.3 Å². The normalized spacial score (nSPS) is 20.9. The Morgan fingerprint density at radius 1 is 1.75 bits per heavy atom. The third-order valence-electron chi connectivity index (χ3n) is 2.04. The highest BCUT2D eigenvalue weighted by Crippen LogP contribution is 2.28. The Morgan fingerprint density at radius 2 is 2.42 bits per heavy atom. The minimum Gasteiger partial charge on any atom is -0.409 e. The summed E-state index contributed by atoms with van der Waals surface area (Å²) in [4.78, 5) is 0. The van der Waals surface area contributed by atoms with E-state index in [4.69, 9.17) is 15.7 Å². The van der Waals surface area contributed by atoms with Gasteiger partial charge in [-0.2, -0.15) is 0 Å². The van der Waals surface area contributed by atoms with Gasteiger partial charge in [0.05, 0.1) is 6.61 Å². The lowest BCUT2D eigenvalue weighted by Gasteiger charge is -2.09. The molecule has 1 atom stereocenters. The first kappa shape index (κ1) is 9.32. The zero-order valence-corrected chi connectivity index (χ0v) is 7.36. The monoisotopic (exact) mass is 172 g/mol. The first-order chi connectivity index (χ1) is 5.74. The zero-order valence-electron chi connectivity index (χ0n) is 7.36. The van der Waals surface area contributed by atoms with Crippen molar-refractivity contribution in [2.45, 2.75) is 19.8 Å². The number of ether oxygens (including phenoxy) is 1. The van der Waals surface area contributed by atoms with Gasteiger partial charge in [0, 0.05) is 12.5 Å². The minimum atomic E-state index is 0.00810. The smallest absolute Gasteiger partial charge is 0.144 e. The molecule has 0 amide bonds. The number of nitrogens with zero attached hydrogens (tertiary/aromatic N) is 1. The topological polar surface area (TPSA) is 67.8 Å². The van der Waals surface area contributed by atoms with Crippen LogP contribution in [0.5, 0.6) is 0 Å². The Bertz CT molecular complexity index is 166. The van der Waals surface area contributed by atoms with E-state index in [-0.39, 0.29) is 11.8 Å². The van der Waals surface area contributed by atoms with Crippen molar-refractivity contribution < 1.29 is 9.94 Å². The van der Waals surface area contributed by atoms with E-state index >= 15 is 0 Å². The summed E-state index contributed by atoms with van der Waals surface area (Å²) in [6.45, 7) is 3.25. The van der Waals surface area contributed by atoms with E-state index in [0.717, 1.165) is 12.5 Å². The Hall–Kier alpha value is -0.770. The molecule has 70 valence electrons. The van der Waals surface area contributed by atoms with Gasteiger partial charge in [-0.1, -0.05) is 12.1 Å². The third-order valence-corrected chi connectivity index (χ3v) is 2.04. The average molecular weight is 172 g/mol. The molecule has 4 heteroatoms. The number of rotatable bonds is 5. The molecule has 0 aliphatic heterocycles. The number of hydrogen-bond donors (Lipinski definition) is 2. The maximum absolute atomic E-state index is 8.33. The van der Waals surface area contributed by atoms with Crippen molar-refractivity contribution in [1.29, 1.82) is 0 Å². The van der Waals surface area contributed by atoms with E-state index in [2.05, 4.69) is 5.16 Å². The van der Waals surface area contributed by atoms with Gasteiger partial charge < -0.3 is 15.7 Å². The number of oxime groups is 1. The van der Waals surface area contributed by atoms with Crippen LogP contribution in [0.3, 0.4) is 0 Å². The lowest BCUT2D eigenvalue weighted by atomic mass is 10.2. The quantitative estimate of drug-likeness (QED) is 0.279. The van der Waals surface area contributed by atoms with Crippen LogP contribution < -0.4 is 5.73 Å². The summed E-state index contributed by atoms with van der Waals surface area (Å²) in [5.74, 6) is 1.02. The molecule has 0 aromatic heterocycles. The van der Waals surface area contributed by atoms with Gasteiger partial charge in [-0.15, -0.1) is 0 Å². The molecule has 0 aromatic rings. The van der Waals surface area contributed by atoms with Gasteiger partial charge in [0.25, 0.3) is 0 Å². The molecule has 1 rings (SSSR count). The van der Waals surface area contributed by atoms with Crippen molar-refractivity contribution >= 4 is 5.84 Å². The molecule has 0 radical (unpaired) electrons. The molecule has 0 spiro atoms. The molecule has 1 fully saturated rings. The maximum Gasteiger partial charge on any atom is 0.144 e. The first-order valence-electron chi connectivity index (χ1n) is 4.29. The summed E-state index contributed by atoms with van der Waals surface area (Å²) >= 11 is 0. The van der Waals surface area contributed by atoms with Gasteiger partial charge >= 0.3 is 0 Å². The van der Waals surface area contributed by atoms with Crippen molar-refractivity contribution in [3.8, 4) is 0 Å². The third kappa shape index (κ3) is 3.09. The molecule has 4 nitrogen and oxygen atoms in total. The van der Waals surface area contributed by atoms with E-state index in [1.807, 2.05) is 6.92 Å². The second-order valence-corrected chi connectivity index (χ2v) is 3.41. The molecule has 1 unspecified atom stereocenters. The first-order valence-corrected chi connectivity index (χ1v) is 4.29. The van der Waals surface area contributed by atoms with E-state index in [1.165, 1.54) is 12.8 Å². The molecule has 1 aliphatic carbocycles. The predicted molar refractivity (Wildman–Crippen MR) is 46.1 cm³/mol. The lowest BCUT2D eigenvalue weighted by Crippen LogP contribution is -2.25. The highest BCUT2D eigenvalue weighted by atomic mass is 16.5. The Labute approximate surface area is 72.4 Å². The van der Waals surface area contributed by atoms with Crippen LogP contribution >= 0.6 is 0 Å². The van der Waals surface area contributed by atoms with Crippen LogP contribution in [0.4, 0.5) is 0 Å². The fraction of sp³-hybridized carbons (Fsp3) is 0.875. The van der Waals surface area contributed by atoms with E-state index < -0.39 is 0 Å². The van der Waals surface area contributed by atoms with E-state index in [9.17, 15) is 0 Å². The summed E-state index contributed by atoms with van der Waals surface area (Å²) in [6.07, 6.45) is 2.58. The van der Waals surface area contributed by atoms with E-state index in [1.54, 1.807) is 0 Å². The maximum atomic E-state index is 8.33. The molecule has 1 aliphatic rings. The molecular weight excluding hydrogens is 156 g/mol. The average Bonchev–Trinajstić information content (AvgIpc) is 2.86. The second kappa shape index (κ2) is 4.30. The van der Waals surface area contributed by atoms with Crippen molar-refractivity contribution in [3.05, 3.63) is 0 Å². The molecular formula is C8H16N2O2. The highest BCUT2D eigenvalue weighted by molar-refractivity contribution is 5.81. The molecule has 0 saturated heterocycles. The summed E-state index contributed by atoms with van der Waals surface area (Å²) in [5.41, 5.74) is 5.37. The molecule has 0 heterocycles.